The molecule has 1 atom stereocenters. The fourth-order valence-corrected chi connectivity index (χ4v) is 4.08. The van der Waals surface area contributed by atoms with Gasteiger partial charge in [-0.3, -0.25) is 0 Å². The monoisotopic (exact) mass is 399 g/mol. The Hall–Kier alpha value is -2.58. The number of nitrogens with one attached hydrogen (secondary N) is 1. The van der Waals surface area contributed by atoms with E-state index in [1.807, 2.05) is 25.3 Å². The Morgan fingerprint density at radius 3 is 2.93 bits per heavy atom. The molecule has 8 heteroatoms. The molecular formula is C20H22FN5OS. The summed E-state index contributed by atoms with van der Waals surface area (Å²) in [5.41, 5.74) is 8.98. The molecule has 1 aromatic heterocycles. The van der Waals surface area contributed by atoms with Crippen molar-refractivity contribution >= 4 is 40.0 Å². The maximum atomic E-state index is 13.9. The molecule has 1 aliphatic rings. The molecule has 3 aromatic rings. The van der Waals surface area contributed by atoms with E-state index in [0.717, 1.165) is 36.0 Å². The van der Waals surface area contributed by atoms with Crippen molar-refractivity contribution in [2.75, 3.05) is 30.4 Å². The average Bonchev–Trinajstić information content (AvgIpc) is 3.11. The zero-order chi connectivity index (χ0) is 19.7. The van der Waals surface area contributed by atoms with Gasteiger partial charge < -0.3 is 15.8 Å². The molecule has 0 bridgehead atoms. The fourth-order valence-electron chi connectivity index (χ4n) is 3.48. The van der Waals surface area contributed by atoms with Gasteiger partial charge in [-0.2, -0.15) is 0 Å². The van der Waals surface area contributed by atoms with E-state index in [9.17, 15) is 4.39 Å². The highest BCUT2D eigenvalue weighted by molar-refractivity contribution is 7.96. The third-order valence-corrected chi connectivity index (χ3v) is 5.66. The van der Waals surface area contributed by atoms with Crippen LogP contribution in [-0.4, -0.2) is 39.7 Å². The molecule has 0 radical (unpaired) electrons. The molecule has 6 nitrogen and oxygen atoms in total. The third kappa shape index (κ3) is 3.83. The summed E-state index contributed by atoms with van der Waals surface area (Å²) < 4.78 is 22.3. The maximum Gasteiger partial charge on any atom is 0.146 e. The largest absolute Gasteiger partial charge is 0.487 e. The van der Waals surface area contributed by atoms with Crippen LogP contribution in [0.1, 0.15) is 12.0 Å². The third-order valence-electron chi connectivity index (χ3n) is 4.81. The molecule has 1 saturated heterocycles. The maximum absolute atomic E-state index is 13.9. The van der Waals surface area contributed by atoms with Crippen LogP contribution in [0, 0.1) is 12.7 Å². The van der Waals surface area contributed by atoms with Crippen LogP contribution in [0.15, 0.2) is 36.7 Å². The van der Waals surface area contributed by atoms with Crippen molar-refractivity contribution in [3.05, 3.63) is 48.0 Å². The first-order valence-corrected chi connectivity index (χ1v) is 10.2. The second-order valence-electron chi connectivity index (χ2n) is 6.82. The van der Waals surface area contributed by atoms with E-state index in [4.69, 9.17) is 10.5 Å². The lowest BCUT2D eigenvalue weighted by Crippen LogP contribution is -2.20. The van der Waals surface area contributed by atoms with Gasteiger partial charge in [0.2, 0.25) is 0 Å². The Labute approximate surface area is 167 Å². The van der Waals surface area contributed by atoms with Crippen LogP contribution in [-0.2, 0) is 0 Å². The van der Waals surface area contributed by atoms with Crippen LogP contribution in [0.2, 0.25) is 0 Å². The molecule has 1 unspecified atom stereocenters. The van der Waals surface area contributed by atoms with Crippen molar-refractivity contribution in [3.63, 3.8) is 0 Å². The molecule has 1 aliphatic heterocycles. The Bertz CT molecular complexity index is 1020. The minimum Gasteiger partial charge on any atom is -0.487 e. The number of rotatable bonds is 5. The summed E-state index contributed by atoms with van der Waals surface area (Å²) in [5.74, 6) is 0.778. The predicted octanol–water partition coefficient (Wildman–Crippen LogP) is 4.13. The van der Waals surface area contributed by atoms with Gasteiger partial charge in [-0.15, -0.1) is 0 Å². The van der Waals surface area contributed by atoms with E-state index in [1.165, 1.54) is 18.5 Å². The van der Waals surface area contributed by atoms with Crippen molar-refractivity contribution in [2.45, 2.75) is 19.4 Å². The first kappa shape index (κ1) is 18.8. The molecule has 0 spiro atoms. The lowest BCUT2D eigenvalue weighted by molar-refractivity contribution is 0.217. The summed E-state index contributed by atoms with van der Waals surface area (Å²) in [6, 6.07) is 8.19. The minimum absolute atomic E-state index is 0.0264. The van der Waals surface area contributed by atoms with Gasteiger partial charge in [0.25, 0.3) is 0 Å². The van der Waals surface area contributed by atoms with Crippen LogP contribution in [0.5, 0.6) is 5.75 Å². The normalized spacial score (nSPS) is 17.2. The lowest BCUT2D eigenvalue weighted by Gasteiger charge is -2.18. The summed E-state index contributed by atoms with van der Waals surface area (Å²) in [6.45, 7) is 3.73. The fraction of sp³-hybridized carbons (Fsp3) is 0.300. The highest BCUT2D eigenvalue weighted by Crippen LogP contribution is 2.34. The lowest BCUT2D eigenvalue weighted by atomic mass is 10.1. The number of aromatic nitrogens is 2. The smallest absolute Gasteiger partial charge is 0.146 e. The first-order chi connectivity index (χ1) is 13.5. The van der Waals surface area contributed by atoms with E-state index in [1.54, 1.807) is 18.0 Å². The second-order valence-corrected chi connectivity index (χ2v) is 7.70. The summed E-state index contributed by atoms with van der Waals surface area (Å²) >= 11 is 1.70. The Kier molecular flexibility index (Phi) is 5.23. The number of nitrogens with zero attached hydrogens (tertiary/aromatic N) is 3. The Morgan fingerprint density at radius 1 is 1.29 bits per heavy atom. The molecule has 4 rings (SSSR count). The van der Waals surface area contributed by atoms with Crippen LogP contribution < -0.4 is 15.8 Å². The van der Waals surface area contributed by atoms with Gasteiger partial charge >= 0.3 is 0 Å². The molecule has 3 N–H and O–H groups in total. The van der Waals surface area contributed by atoms with Crippen LogP contribution in [0.25, 0.3) is 10.9 Å². The quantitative estimate of drug-likeness (QED) is 0.493. The van der Waals surface area contributed by atoms with Gasteiger partial charge in [0.15, 0.2) is 0 Å². The number of ether oxygens (including phenoxy) is 1. The van der Waals surface area contributed by atoms with Crippen molar-refractivity contribution in [3.8, 4) is 5.75 Å². The van der Waals surface area contributed by atoms with Crippen molar-refractivity contribution in [2.24, 2.45) is 0 Å². The number of aryl methyl sites for hydroxylation is 1. The summed E-state index contributed by atoms with van der Waals surface area (Å²) in [5, 5.41) is 4.18. The van der Waals surface area contributed by atoms with E-state index in [2.05, 4.69) is 19.6 Å². The van der Waals surface area contributed by atoms with Gasteiger partial charge in [-0.1, -0.05) is 11.9 Å². The predicted molar refractivity (Wildman–Crippen MR) is 112 cm³/mol. The van der Waals surface area contributed by atoms with Crippen LogP contribution in [0.3, 0.4) is 0 Å². The summed E-state index contributed by atoms with van der Waals surface area (Å²) in [4.78, 5) is 8.70. The molecule has 2 heterocycles. The van der Waals surface area contributed by atoms with Crippen molar-refractivity contribution < 1.29 is 9.13 Å². The molecule has 2 aromatic carbocycles. The molecule has 0 aliphatic carbocycles. The highest BCUT2D eigenvalue weighted by Gasteiger charge is 2.24. The standard InChI is InChI=1S/C20H22FN5OS/c1-12-7-14(22)9-17-19(12)20(24-11-23-17)25-16-4-3-13(21)8-18(16)27-15-5-6-26(10-15)28-2/h3-4,7-9,11,15H,5-6,10,22H2,1-2H3,(H,23,24,25). The van der Waals surface area contributed by atoms with E-state index in [-0.39, 0.29) is 11.9 Å². The summed E-state index contributed by atoms with van der Waals surface area (Å²) in [7, 11) is 0. The number of anilines is 3. The number of nitrogens with two attached hydrogens (primary N) is 1. The number of benzene rings is 2. The molecule has 146 valence electrons. The van der Waals surface area contributed by atoms with Gasteiger partial charge in [0.05, 0.1) is 11.2 Å². The number of fused-ring (bicyclic) bond motifs is 1. The zero-order valence-corrected chi connectivity index (χ0v) is 16.6. The molecule has 0 saturated carbocycles. The van der Waals surface area contributed by atoms with E-state index in [0.29, 0.717) is 22.9 Å². The van der Waals surface area contributed by atoms with E-state index < -0.39 is 0 Å². The number of halogens is 1. The van der Waals surface area contributed by atoms with Gasteiger partial charge in [0, 0.05) is 30.2 Å². The van der Waals surface area contributed by atoms with Gasteiger partial charge in [-0.25, -0.2) is 18.7 Å². The Balaban J connectivity index is 1.66. The number of nitrogen functional groups attached to an aromatic ring is 1. The molecule has 28 heavy (non-hydrogen) atoms. The second kappa shape index (κ2) is 7.81. The Morgan fingerprint density at radius 2 is 2.14 bits per heavy atom. The topological polar surface area (TPSA) is 76.3 Å². The minimum atomic E-state index is -0.336. The highest BCUT2D eigenvalue weighted by atomic mass is 32.2. The molecular weight excluding hydrogens is 377 g/mol. The van der Waals surface area contributed by atoms with Crippen molar-refractivity contribution in [1.82, 2.24) is 14.3 Å². The first-order valence-electron chi connectivity index (χ1n) is 9.06. The number of hydrogen-bond donors (Lipinski definition) is 2. The van der Waals surface area contributed by atoms with Crippen molar-refractivity contribution in [1.29, 1.82) is 0 Å². The summed E-state index contributed by atoms with van der Waals surface area (Å²) in [6.07, 6.45) is 4.47. The van der Waals surface area contributed by atoms with Gasteiger partial charge in [-0.05, 0) is 49.4 Å². The van der Waals surface area contributed by atoms with Crippen LogP contribution >= 0.6 is 11.9 Å². The number of hydrogen-bond acceptors (Lipinski definition) is 7. The zero-order valence-electron chi connectivity index (χ0n) is 15.8. The van der Waals surface area contributed by atoms with Gasteiger partial charge in [0.1, 0.15) is 29.8 Å². The average molecular weight is 399 g/mol. The van der Waals surface area contributed by atoms with E-state index >= 15 is 0 Å². The molecule has 1 fully saturated rings. The SMILES string of the molecule is CSN1CCC(Oc2cc(F)ccc2Nc2ncnc3cc(N)cc(C)c23)C1. The van der Waals surface area contributed by atoms with Crippen LogP contribution in [0.4, 0.5) is 21.6 Å². The molecule has 0 amide bonds.